The number of nitrogens with zero attached hydrogens (tertiary/aromatic N) is 1. The highest BCUT2D eigenvalue weighted by atomic mass is 32.2. The van der Waals surface area contributed by atoms with Crippen LogP contribution in [0.4, 0.5) is 0 Å². The molecule has 0 spiro atoms. The number of rotatable bonds is 7. The van der Waals surface area contributed by atoms with Crippen LogP contribution < -0.4 is 4.72 Å². The highest BCUT2D eigenvalue weighted by molar-refractivity contribution is 7.89. The summed E-state index contributed by atoms with van der Waals surface area (Å²) in [5.41, 5.74) is 2.68. The van der Waals surface area contributed by atoms with Gasteiger partial charge >= 0.3 is 0 Å². The summed E-state index contributed by atoms with van der Waals surface area (Å²) in [6, 6.07) is 6.72. The third-order valence-corrected chi connectivity index (χ3v) is 4.97. The molecule has 7 heteroatoms. The lowest BCUT2D eigenvalue weighted by molar-refractivity contribution is 0.288. The Morgan fingerprint density at radius 2 is 2.00 bits per heavy atom. The predicted molar refractivity (Wildman–Crippen MR) is 78.0 cm³/mol. The molecule has 0 aliphatic carbocycles. The second kappa shape index (κ2) is 6.94. The zero-order chi connectivity index (χ0) is 14.4. The van der Waals surface area contributed by atoms with Crippen molar-refractivity contribution in [1.29, 1.82) is 0 Å². The van der Waals surface area contributed by atoms with Crippen LogP contribution in [0.1, 0.15) is 16.9 Å². The van der Waals surface area contributed by atoms with Crippen molar-refractivity contribution in [2.24, 2.45) is 0 Å². The summed E-state index contributed by atoms with van der Waals surface area (Å²) < 4.78 is 26.7. The number of aryl methyl sites for hydroxylation is 1. The van der Waals surface area contributed by atoms with Gasteiger partial charge in [0.1, 0.15) is 0 Å². The topological polar surface area (TPSA) is 79.3 Å². The molecule has 108 valence electrons. The van der Waals surface area contributed by atoms with Crippen molar-refractivity contribution in [3.63, 3.8) is 0 Å². The van der Waals surface area contributed by atoms with Crippen molar-refractivity contribution in [2.75, 3.05) is 6.61 Å². The van der Waals surface area contributed by atoms with E-state index in [0.29, 0.717) is 6.42 Å². The van der Waals surface area contributed by atoms with Crippen LogP contribution in [0.2, 0.25) is 0 Å². The molecule has 0 bridgehead atoms. The molecule has 1 aromatic heterocycles. The number of aliphatic hydroxyl groups excluding tert-OH is 1. The SMILES string of the molecule is O=S(=O)(NCc1cncs1)c1ccc(CCCO)cc1. The quantitative estimate of drug-likeness (QED) is 0.813. The van der Waals surface area contributed by atoms with Gasteiger partial charge in [0.15, 0.2) is 0 Å². The van der Waals surface area contributed by atoms with Gasteiger partial charge in [-0.15, -0.1) is 11.3 Å². The number of hydrogen-bond acceptors (Lipinski definition) is 5. The monoisotopic (exact) mass is 312 g/mol. The number of nitrogens with one attached hydrogen (secondary N) is 1. The van der Waals surface area contributed by atoms with Gasteiger partial charge in [-0.3, -0.25) is 4.98 Å². The van der Waals surface area contributed by atoms with E-state index in [2.05, 4.69) is 9.71 Å². The van der Waals surface area contributed by atoms with Crippen LogP contribution in [0.3, 0.4) is 0 Å². The van der Waals surface area contributed by atoms with E-state index >= 15 is 0 Å². The molecule has 0 saturated heterocycles. The summed E-state index contributed by atoms with van der Waals surface area (Å²) in [6.07, 6.45) is 3.06. The lowest BCUT2D eigenvalue weighted by Gasteiger charge is -2.06. The average molecular weight is 312 g/mol. The standard InChI is InChI=1S/C13H16N2O3S2/c16-7-1-2-11-3-5-13(6-4-11)20(17,18)15-9-12-8-14-10-19-12/h3-6,8,10,15-16H,1-2,7,9H2. The Hall–Kier alpha value is -1.28. The lowest BCUT2D eigenvalue weighted by Crippen LogP contribution is -2.22. The summed E-state index contributed by atoms with van der Waals surface area (Å²) in [4.78, 5) is 5.01. The molecule has 0 atom stereocenters. The van der Waals surface area contributed by atoms with Crippen LogP contribution in [0.5, 0.6) is 0 Å². The third kappa shape index (κ3) is 4.11. The van der Waals surface area contributed by atoms with Crippen molar-refractivity contribution in [3.05, 3.63) is 46.4 Å². The molecule has 0 aliphatic heterocycles. The number of sulfonamides is 1. The van der Waals surface area contributed by atoms with E-state index in [0.717, 1.165) is 16.9 Å². The summed E-state index contributed by atoms with van der Waals surface area (Å²) in [7, 11) is -3.49. The fraction of sp³-hybridized carbons (Fsp3) is 0.308. The molecule has 1 aromatic carbocycles. The van der Waals surface area contributed by atoms with Crippen LogP contribution in [0.15, 0.2) is 40.9 Å². The van der Waals surface area contributed by atoms with Gasteiger partial charge < -0.3 is 5.11 Å². The molecule has 0 amide bonds. The van der Waals surface area contributed by atoms with Crippen molar-refractivity contribution >= 4 is 21.4 Å². The zero-order valence-electron chi connectivity index (χ0n) is 10.8. The summed E-state index contributed by atoms with van der Waals surface area (Å²) >= 11 is 1.41. The molecule has 0 saturated carbocycles. The molecule has 1 heterocycles. The molecule has 0 fully saturated rings. The number of aliphatic hydroxyl groups is 1. The molecule has 0 aliphatic rings. The highest BCUT2D eigenvalue weighted by Gasteiger charge is 2.13. The first-order valence-electron chi connectivity index (χ1n) is 6.18. The van der Waals surface area contributed by atoms with Gasteiger partial charge in [0, 0.05) is 24.2 Å². The maximum absolute atomic E-state index is 12.1. The average Bonchev–Trinajstić information content (AvgIpc) is 2.97. The smallest absolute Gasteiger partial charge is 0.240 e. The van der Waals surface area contributed by atoms with E-state index in [9.17, 15) is 8.42 Å². The van der Waals surface area contributed by atoms with Crippen molar-refractivity contribution < 1.29 is 13.5 Å². The minimum atomic E-state index is -3.49. The van der Waals surface area contributed by atoms with E-state index in [1.54, 1.807) is 36.0 Å². The first-order chi connectivity index (χ1) is 9.62. The molecule has 20 heavy (non-hydrogen) atoms. The molecule has 5 nitrogen and oxygen atoms in total. The first-order valence-corrected chi connectivity index (χ1v) is 8.55. The van der Waals surface area contributed by atoms with Crippen LogP contribution in [-0.4, -0.2) is 25.1 Å². The maximum Gasteiger partial charge on any atom is 0.240 e. The number of aromatic nitrogens is 1. The van der Waals surface area contributed by atoms with Crippen LogP contribution in [0, 0.1) is 0 Å². The van der Waals surface area contributed by atoms with Gasteiger partial charge in [0.05, 0.1) is 10.4 Å². The van der Waals surface area contributed by atoms with Crippen LogP contribution in [-0.2, 0) is 23.0 Å². The molecular weight excluding hydrogens is 296 g/mol. The second-order valence-electron chi connectivity index (χ2n) is 4.26. The molecule has 0 radical (unpaired) electrons. The first kappa shape index (κ1) is 15.1. The van der Waals surface area contributed by atoms with E-state index in [1.165, 1.54) is 11.3 Å². The van der Waals surface area contributed by atoms with Gasteiger partial charge in [-0.25, -0.2) is 13.1 Å². The maximum atomic E-state index is 12.1. The number of benzene rings is 1. The molecule has 0 unspecified atom stereocenters. The van der Waals surface area contributed by atoms with Crippen molar-refractivity contribution in [2.45, 2.75) is 24.3 Å². The molecule has 2 rings (SSSR count). The summed E-state index contributed by atoms with van der Waals surface area (Å²) in [5, 5.41) is 8.76. The largest absolute Gasteiger partial charge is 0.396 e. The number of hydrogen-bond donors (Lipinski definition) is 2. The Bertz CT molecular complexity index is 622. The fourth-order valence-electron chi connectivity index (χ4n) is 1.70. The Labute approximate surface area is 122 Å². The van der Waals surface area contributed by atoms with Gasteiger partial charge in [0.25, 0.3) is 0 Å². The van der Waals surface area contributed by atoms with Gasteiger partial charge in [-0.2, -0.15) is 0 Å². The Morgan fingerprint density at radius 3 is 2.60 bits per heavy atom. The fourth-order valence-corrected chi connectivity index (χ4v) is 3.33. The zero-order valence-corrected chi connectivity index (χ0v) is 12.5. The normalized spacial score (nSPS) is 11.7. The van der Waals surface area contributed by atoms with E-state index < -0.39 is 10.0 Å². The van der Waals surface area contributed by atoms with Crippen molar-refractivity contribution in [3.8, 4) is 0 Å². The van der Waals surface area contributed by atoms with Gasteiger partial charge in [0.2, 0.25) is 10.0 Å². The molecular formula is C13H16N2O3S2. The van der Waals surface area contributed by atoms with Crippen LogP contribution >= 0.6 is 11.3 Å². The highest BCUT2D eigenvalue weighted by Crippen LogP contribution is 2.13. The molecule has 2 N–H and O–H groups in total. The Balaban J connectivity index is 2.01. The Morgan fingerprint density at radius 1 is 1.25 bits per heavy atom. The van der Waals surface area contributed by atoms with E-state index in [1.807, 2.05) is 0 Å². The minimum absolute atomic E-state index is 0.135. The summed E-state index contributed by atoms with van der Waals surface area (Å²) in [6.45, 7) is 0.385. The minimum Gasteiger partial charge on any atom is -0.396 e. The van der Waals surface area contributed by atoms with Gasteiger partial charge in [-0.05, 0) is 30.5 Å². The van der Waals surface area contributed by atoms with Gasteiger partial charge in [-0.1, -0.05) is 12.1 Å². The Kier molecular flexibility index (Phi) is 5.24. The van der Waals surface area contributed by atoms with Crippen LogP contribution in [0.25, 0.3) is 0 Å². The lowest BCUT2D eigenvalue weighted by atomic mass is 10.1. The van der Waals surface area contributed by atoms with E-state index in [-0.39, 0.29) is 18.0 Å². The van der Waals surface area contributed by atoms with E-state index in [4.69, 9.17) is 5.11 Å². The second-order valence-corrected chi connectivity index (χ2v) is 7.00. The van der Waals surface area contributed by atoms with Crippen molar-refractivity contribution in [1.82, 2.24) is 9.71 Å². The third-order valence-electron chi connectivity index (χ3n) is 2.78. The molecule has 2 aromatic rings. The number of thiazole rings is 1. The summed E-state index contributed by atoms with van der Waals surface area (Å²) in [5.74, 6) is 0. The predicted octanol–water partition coefficient (Wildman–Crippen LogP) is 1.55.